The molecule has 0 spiro atoms. The zero-order valence-electron chi connectivity index (χ0n) is 14.0. The molecule has 6 atom stereocenters. The number of hydrogen-bond acceptors (Lipinski definition) is 11. The molecule has 1 unspecified atom stereocenters. The van der Waals surface area contributed by atoms with E-state index in [0.717, 1.165) is 0 Å². The van der Waals surface area contributed by atoms with Crippen LogP contribution in [0.4, 0.5) is 0 Å². The van der Waals surface area contributed by atoms with Gasteiger partial charge in [-0.1, -0.05) is 0 Å². The summed E-state index contributed by atoms with van der Waals surface area (Å²) in [6.07, 6.45) is -9.74. The molecule has 3 N–H and O–H groups in total. The molecule has 26 heavy (non-hydrogen) atoms. The van der Waals surface area contributed by atoms with Crippen molar-refractivity contribution in [1.29, 1.82) is 0 Å². The Labute approximate surface area is 147 Å². The lowest BCUT2D eigenvalue weighted by atomic mass is 9.99. The largest absolute Gasteiger partial charge is 0.550 e. The van der Waals surface area contributed by atoms with Crippen molar-refractivity contribution in [2.45, 2.75) is 57.1 Å². The van der Waals surface area contributed by atoms with Crippen LogP contribution in [0.1, 0.15) is 20.3 Å². The third-order valence-electron chi connectivity index (χ3n) is 3.87. The highest BCUT2D eigenvalue weighted by Crippen LogP contribution is 2.29. The summed E-state index contributed by atoms with van der Waals surface area (Å²) in [7, 11) is 0. The van der Waals surface area contributed by atoms with Crippen molar-refractivity contribution in [3.63, 3.8) is 0 Å². The standard InChI is InChI=1S/C15H20O11/c1-5-10(19)14(6(2)24-5)26-15-13(22)12(21)11(20)7(25-15)4-23-9(18)3-8(16)17/h5,7,11-13,15,20-22H,3-4H2,1-2H3,(H,16,17)/p-1/t5?,7-,11-,12+,13-,15+/m1/s1. The average molecular weight is 375 g/mol. The van der Waals surface area contributed by atoms with Gasteiger partial charge in [-0.2, -0.15) is 0 Å². The molecule has 2 rings (SSSR count). The number of carbonyl (C=O) groups is 3. The van der Waals surface area contributed by atoms with Gasteiger partial charge in [-0.3, -0.25) is 9.59 Å². The van der Waals surface area contributed by atoms with Gasteiger partial charge in [0.1, 0.15) is 36.8 Å². The summed E-state index contributed by atoms with van der Waals surface area (Å²) in [5.74, 6) is -3.30. The molecule has 0 aliphatic carbocycles. The summed E-state index contributed by atoms with van der Waals surface area (Å²) in [5.41, 5.74) is 0. The SMILES string of the molecule is CC1=C(O[C@@H]2O[C@H](COC(=O)CC(=O)[O-])[C@@H](O)[C@H](O)[C@H]2O)C(=O)C(C)O1. The molecule has 0 aromatic carbocycles. The first-order valence-electron chi connectivity index (χ1n) is 7.75. The highest BCUT2D eigenvalue weighted by atomic mass is 16.7. The van der Waals surface area contributed by atoms with Crippen molar-refractivity contribution in [2.75, 3.05) is 6.61 Å². The molecule has 146 valence electrons. The van der Waals surface area contributed by atoms with E-state index in [1.807, 2.05) is 0 Å². The van der Waals surface area contributed by atoms with E-state index in [2.05, 4.69) is 4.74 Å². The third kappa shape index (κ3) is 4.30. The maximum absolute atomic E-state index is 12.0. The Morgan fingerprint density at radius 2 is 1.85 bits per heavy atom. The van der Waals surface area contributed by atoms with E-state index in [4.69, 9.17) is 14.2 Å². The van der Waals surface area contributed by atoms with Crippen LogP contribution in [0.3, 0.4) is 0 Å². The Hall–Kier alpha value is -2.21. The van der Waals surface area contributed by atoms with Gasteiger partial charge in [-0.05, 0) is 13.8 Å². The number of carboxylic acid groups (broad SMARTS) is 1. The number of carbonyl (C=O) groups excluding carboxylic acids is 3. The molecule has 0 saturated carbocycles. The first-order chi connectivity index (χ1) is 12.1. The zero-order valence-corrected chi connectivity index (χ0v) is 14.0. The minimum Gasteiger partial charge on any atom is -0.550 e. The number of rotatable bonds is 6. The topological polar surface area (TPSA) is 172 Å². The highest BCUT2D eigenvalue weighted by molar-refractivity contribution is 5.99. The Balaban J connectivity index is 2.03. The van der Waals surface area contributed by atoms with Gasteiger partial charge in [0.05, 0.1) is 12.4 Å². The lowest BCUT2D eigenvalue weighted by Crippen LogP contribution is -2.59. The number of esters is 1. The van der Waals surface area contributed by atoms with Gasteiger partial charge in [-0.15, -0.1) is 0 Å². The first-order valence-corrected chi connectivity index (χ1v) is 7.75. The van der Waals surface area contributed by atoms with Gasteiger partial charge in [0.15, 0.2) is 6.10 Å². The predicted octanol–water partition coefficient (Wildman–Crippen LogP) is -3.29. The maximum Gasteiger partial charge on any atom is 0.311 e. The quantitative estimate of drug-likeness (QED) is 0.314. The Bertz CT molecular complexity index is 613. The normalized spacial score (nSPS) is 34.4. The van der Waals surface area contributed by atoms with Crippen molar-refractivity contribution in [2.24, 2.45) is 0 Å². The van der Waals surface area contributed by atoms with Crippen LogP contribution in [0, 0.1) is 0 Å². The van der Waals surface area contributed by atoms with Crippen LogP contribution in [-0.2, 0) is 33.3 Å². The average Bonchev–Trinajstić information content (AvgIpc) is 2.79. The molecule has 0 aromatic rings. The molecule has 0 amide bonds. The Morgan fingerprint density at radius 1 is 1.19 bits per heavy atom. The second kappa shape index (κ2) is 7.99. The lowest BCUT2D eigenvalue weighted by molar-refractivity contribution is -0.305. The van der Waals surface area contributed by atoms with Crippen molar-refractivity contribution in [3.05, 3.63) is 11.5 Å². The van der Waals surface area contributed by atoms with E-state index < -0.39 is 67.6 Å². The number of hydrogen-bond donors (Lipinski definition) is 3. The van der Waals surface area contributed by atoms with Crippen LogP contribution < -0.4 is 5.11 Å². The van der Waals surface area contributed by atoms with Crippen LogP contribution in [0.2, 0.25) is 0 Å². The summed E-state index contributed by atoms with van der Waals surface area (Å²) < 4.78 is 20.4. The molecule has 11 nitrogen and oxygen atoms in total. The predicted molar refractivity (Wildman–Crippen MR) is 76.6 cm³/mol. The van der Waals surface area contributed by atoms with E-state index in [-0.39, 0.29) is 11.5 Å². The molecule has 0 bridgehead atoms. The van der Waals surface area contributed by atoms with Gasteiger partial charge >= 0.3 is 5.97 Å². The van der Waals surface area contributed by atoms with Crippen LogP contribution in [-0.4, -0.2) is 76.5 Å². The van der Waals surface area contributed by atoms with Crippen molar-refractivity contribution >= 4 is 17.7 Å². The number of aliphatic carboxylic acids is 1. The van der Waals surface area contributed by atoms with Crippen molar-refractivity contribution < 1.29 is 53.8 Å². The molecule has 2 aliphatic heterocycles. The van der Waals surface area contributed by atoms with Gasteiger partial charge in [0.2, 0.25) is 17.8 Å². The smallest absolute Gasteiger partial charge is 0.311 e. The van der Waals surface area contributed by atoms with Gasteiger partial charge in [0, 0.05) is 0 Å². The van der Waals surface area contributed by atoms with Crippen LogP contribution in [0.5, 0.6) is 0 Å². The number of allylic oxidation sites excluding steroid dienone is 1. The van der Waals surface area contributed by atoms with Gasteiger partial charge < -0.3 is 44.2 Å². The van der Waals surface area contributed by atoms with E-state index in [9.17, 15) is 34.8 Å². The minimum absolute atomic E-state index is 0.163. The number of aliphatic hydroxyl groups is 3. The van der Waals surface area contributed by atoms with Crippen molar-refractivity contribution in [3.8, 4) is 0 Å². The number of ether oxygens (including phenoxy) is 4. The maximum atomic E-state index is 12.0. The summed E-state index contributed by atoms with van der Waals surface area (Å²) in [6.45, 7) is 2.35. The van der Waals surface area contributed by atoms with Crippen LogP contribution >= 0.6 is 0 Å². The summed E-state index contributed by atoms with van der Waals surface area (Å²) in [4.78, 5) is 33.5. The van der Waals surface area contributed by atoms with E-state index in [0.29, 0.717) is 0 Å². The molecule has 2 aliphatic rings. The fourth-order valence-corrected chi connectivity index (χ4v) is 2.48. The molecule has 1 saturated heterocycles. The summed E-state index contributed by atoms with van der Waals surface area (Å²) >= 11 is 0. The first kappa shape index (κ1) is 20.1. The zero-order chi connectivity index (χ0) is 19.6. The third-order valence-corrected chi connectivity index (χ3v) is 3.87. The second-order valence-electron chi connectivity index (χ2n) is 5.87. The second-order valence-corrected chi connectivity index (χ2v) is 5.87. The molecule has 2 heterocycles. The lowest BCUT2D eigenvalue weighted by Gasteiger charge is -2.39. The summed E-state index contributed by atoms with van der Waals surface area (Å²) in [6, 6.07) is 0. The Morgan fingerprint density at radius 3 is 2.38 bits per heavy atom. The van der Waals surface area contributed by atoms with Gasteiger partial charge in [-0.25, -0.2) is 0 Å². The molecular weight excluding hydrogens is 356 g/mol. The van der Waals surface area contributed by atoms with Crippen LogP contribution in [0.25, 0.3) is 0 Å². The Kier molecular flexibility index (Phi) is 6.18. The summed E-state index contributed by atoms with van der Waals surface area (Å²) in [5, 5.41) is 40.1. The fourth-order valence-electron chi connectivity index (χ4n) is 2.48. The molecule has 1 fully saturated rings. The van der Waals surface area contributed by atoms with E-state index >= 15 is 0 Å². The van der Waals surface area contributed by atoms with Crippen molar-refractivity contribution in [1.82, 2.24) is 0 Å². The van der Waals surface area contributed by atoms with Gasteiger partial charge in [0.25, 0.3) is 0 Å². The molecule has 11 heteroatoms. The van der Waals surface area contributed by atoms with E-state index in [1.54, 1.807) is 0 Å². The van der Waals surface area contributed by atoms with E-state index in [1.165, 1.54) is 13.8 Å². The minimum atomic E-state index is -1.73. The van der Waals surface area contributed by atoms with Crippen LogP contribution in [0.15, 0.2) is 11.5 Å². The molecule has 0 aromatic heterocycles. The number of ketones is 1. The monoisotopic (exact) mass is 375 g/mol. The molecule has 0 radical (unpaired) electrons. The number of carboxylic acids is 1. The number of Topliss-reactive ketones (excluding diaryl/α,β-unsaturated/α-hetero) is 1. The fraction of sp³-hybridized carbons (Fsp3) is 0.667. The number of aliphatic hydroxyl groups excluding tert-OH is 3. The highest BCUT2D eigenvalue weighted by Gasteiger charge is 2.47. The molecular formula is C15H19O11-.